The van der Waals surface area contributed by atoms with Gasteiger partial charge >= 0.3 is 0 Å². The van der Waals surface area contributed by atoms with E-state index < -0.39 is 71.8 Å². The summed E-state index contributed by atoms with van der Waals surface area (Å²) in [4.78, 5) is 31.1. The van der Waals surface area contributed by atoms with Crippen LogP contribution in [0.4, 0.5) is 32.2 Å². The van der Waals surface area contributed by atoms with Crippen LogP contribution in [-0.2, 0) is 46.7 Å². The minimum absolute atomic E-state index is 0.0599. The fourth-order valence-electron chi connectivity index (χ4n) is 6.66. The number of aliphatic hydroxyl groups is 1. The van der Waals surface area contributed by atoms with E-state index in [1.165, 1.54) is 37.8 Å². The van der Waals surface area contributed by atoms with Gasteiger partial charge in [-0.1, -0.05) is 23.6 Å². The molecule has 0 fully saturated rings. The number of hydrogen-bond donors (Lipinski definition) is 3. The van der Waals surface area contributed by atoms with Gasteiger partial charge in [0.2, 0.25) is 5.91 Å². The lowest BCUT2D eigenvalue weighted by atomic mass is 9.93. The van der Waals surface area contributed by atoms with Crippen molar-refractivity contribution in [3.8, 4) is 23.0 Å². The molecular formula is C38H34ClF6N7O4. The zero-order chi connectivity index (χ0) is 40.7. The van der Waals surface area contributed by atoms with Crippen molar-refractivity contribution in [2.45, 2.75) is 63.6 Å². The normalized spacial score (nSPS) is 14.1. The van der Waals surface area contributed by atoms with Gasteiger partial charge in [0.05, 0.1) is 27.7 Å². The first-order valence-electron chi connectivity index (χ1n) is 17.1. The molecule has 2 aromatic carbocycles. The fourth-order valence-corrected chi connectivity index (χ4v) is 6.90. The molecule has 1 aliphatic rings. The Morgan fingerprint density at radius 1 is 1.05 bits per heavy atom. The SMILES string of the molecule is COCC(=O)Nc1nn(C)c2c(-c3ccc(C#CC(C)(C)O)nc3[C@H](Cc3cc(F)cc(F)c3)NC(=O)Cn3nc(C(F)F)c4c3C(F)(F)CC4)ccc(Cl)c12. The van der Waals surface area contributed by atoms with E-state index in [2.05, 4.69) is 32.7 Å². The number of amides is 2. The number of nitrogens with zero attached hydrogens (tertiary/aromatic N) is 5. The van der Waals surface area contributed by atoms with Crippen molar-refractivity contribution < 1.29 is 45.8 Å². The lowest BCUT2D eigenvalue weighted by molar-refractivity contribution is -0.123. The Kier molecular flexibility index (Phi) is 11.2. The van der Waals surface area contributed by atoms with Crippen LogP contribution in [0.1, 0.15) is 66.6 Å². The Bertz CT molecular complexity index is 2390. The Morgan fingerprint density at radius 3 is 2.41 bits per heavy atom. The number of aromatic nitrogens is 5. The number of halogens is 7. The third-order valence-electron chi connectivity index (χ3n) is 8.83. The van der Waals surface area contributed by atoms with E-state index in [1.54, 1.807) is 19.2 Å². The number of ether oxygens (including phenoxy) is 1. The summed E-state index contributed by atoms with van der Waals surface area (Å²) in [6.07, 6.45) is -4.58. The van der Waals surface area contributed by atoms with Gasteiger partial charge in [-0.25, -0.2) is 22.5 Å². The summed E-state index contributed by atoms with van der Waals surface area (Å²) in [6, 6.07) is 7.71. The third-order valence-corrected chi connectivity index (χ3v) is 9.14. The molecule has 0 unspecified atom stereocenters. The van der Waals surface area contributed by atoms with Gasteiger partial charge in [-0.3, -0.25) is 19.0 Å². The van der Waals surface area contributed by atoms with Gasteiger partial charge in [0.15, 0.2) is 5.82 Å². The molecule has 3 heterocycles. The number of nitrogens with one attached hydrogen (secondary N) is 2. The third kappa shape index (κ3) is 8.52. The van der Waals surface area contributed by atoms with Crippen LogP contribution in [0.15, 0.2) is 42.5 Å². The summed E-state index contributed by atoms with van der Waals surface area (Å²) in [5.74, 6) is -1.33. The number of hydrogen-bond acceptors (Lipinski definition) is 7. The fraction of sp³-hybridized carbons (Fsp3) is 0.342. The molecule has 11 nitrogen and oxygen atoms in total. The molecule has 3 N–H and O–H groups in total. The number of aryl methyl sites for hydroxylation is 1. The van der Waals surface area contributed by atoms with E-state index in [-0.39, 0.29) is 52.8 Å². The van der Waals surface area contributed by atoms with Crippen LogP contribution in [0.2, 0.25) is 5.02 Å². The minimum atomic E-state index is -3.53. The molecule has 0 bridgehead atoms. The highest BCUT2D eigenvalue weighted by Gasteiger charge is 2.46. The Morgan fingerprint density at radius 2 is 1.75 bits per heavy atom. The lowest BCUT2D eigenvalue weighted by Gasteiger charge is -2.23. The molecule has 294 valence electrons. The van der Waals surface area contributed by atoms with Gasteiger partial charge in [0.1, 0.15) is 47.5 Å². The van der Waals surface area contributed by atoms with Gasteiger partial charge in [0, 0.05) is 43.3 Å². The van der Waals surface area contributed by atoms with Crippen LogP contribution in [0.5, 0.6) is 0 Å². The number of carbonyl (C=O) groups excluding carboxylic acids is 2. The quantitative estimate of drug-likeness (QED) is 0.102. The lowest BCUT2D eigenvalue weighted by Crippen LogP contribution is -2.35. The van der Waals surface area contributed by atoms with E-state index in [4.69, 9.17) is 21.3 Å². The number of benzene rings is 2. The molecule has 6 rings (SSSR count). The summed E-state index contributed by atoms with van der Waals surface area (Å²) >= 11 is 6.64. The first-order valence-corrected chi connectivity index (χ1v) is 17.4. The largest absolute Gasteiger partial charge is 0.378 e. The van der Waals surface area contributed by atoms with Crippen molar-refractivity contribution in [1.29, 1.82) is 0 Å². The number of carbonyl (C=O) groups is 2. The maximum atomic E-state index is 15.0. The highest BCUT2D eigenvalue weighted by Crippen LogP contribution is 2.45. The number of fused-ring (bicyclic) bond motifs is 2. The second-order valence-electron chi connectivity index (χ2n) is 13.7. The van der Waals surface area contributed by atoms with Crippen LogP contribution >= 0.6 is 11.6 Å². The van der Waals surface area contributed by atoms with Gasteiger partial charge in [-0.05, 0) is 68.5 Å². The van der Waals surface area contributed by atoms with E-state index in [0.29, 0.717) is 32.8 Å². The van der Waals surface area contributed by atoms with E-state index >= 15 is 0 Å². The van der Waals surface area contributed by atoms with Crippen molar-refractivity contribution in [2.75, 3.05) is 19.0 Å². The van der Waals surface area contributed by atoms with Crippen LogP contribution in [-0.4, -0.2) is 60.8 Å². The summed E-state index contributed by atoms with van der Waals surface area (Å²) < 4.78 is 93.6. The van der Waals surface area contributed by atoms with Crippen molar-refractivity contribution in [2.24, 2.45) is 7.05 Å². The minimum Gasteiger partial charge on any atom is -0.378 e. The molecule has 5 aromatic rings. The maximum Gasteiger partial charge on any atom is 0.290 e. The highest BCUT2D eigenvalue weighted by atomic mass is 35.5. The van der Waals surface area contributed by atoms with Crippen LogP contribution in [0.3, 0.4) is 0 Å². The number of alkyl halides is 4. The van der Waals surface area contributed by atoms with E-state index in [9.17, 15) is 41.0 Å². The first kappa shape index (κ1) is 40.2. The molecule has 56 heavy (non-hydrogen) atoms. The van der Waals surface area contributed by atoms with Crippen molar-refractivity contribution in [3.05, 3.63) is 93.0 Å². The molecule has 2 amide bonds. The molecule has 18 heteroatoms. The Labute approximate surface area is 321 Å². The van der Waals surface area contributed by atoms with Gasteiger partial charge in [0.25, 0.3) is 18.3 Å². The number of anilines is 1. The molecule has 1 aliphatic carbocycles. The average Bonchev–Trinajstić information content (AvgIpc) is 3.74. The summed E-state index contributed by atoms with van der Waals surface area (Å²) in [5.41, 5.74) is -2.08. The Hall–Kier alpha value is -5.44. The Balaban J connectivity index is 1.52. The molecule has 0 saturated heterocycles. The van der Waals surface area contributed by atoms with Gasteiger partial charge < -0.3 is 20.5 Å². The standard InChI is InChI=1S/C38H34ClF6N7O4/c1-37(2,55)11-9-22-5-6-23(24-7-8-26(39)30-33(24)51(3)50-36(30)48-29(54)18-56-4)31(46-22)27(15-19-13-20(40)16-21(41)14-19)47-28(53)17-52-34-25(10-12-38(34,44)45)32(49-52)35(42)43/h5-8,13-14,16,27,35,55H,10,12,15,17-18H2,1-4H3,(H,47,53)(H,48,50,54)/t27-/m0/s1. The number of rotatable bonds is 11. The van der Waals surface area contributed by atoms with Crippen LogP contribution in [0, 0.1) is 23.5 Å². The summed E-state index contributed by atoms with van der Waals surface area (Å²) in [5, 5.41) is 24.3. The van der Waals surface area contributed by atoms with Gasteiger partial charge in [-0.2, -0.15) is 19.0 Å². The van der Waals surface area contributed by atoms with Crippen LogP contribution in [0.25, 0.3) is 22.0 Å². The highest BCUT2D eigenvalue weighted by molar-refractivity contribution is 6.37. The predicted molar refractivity (Wildman–Crippen MR) is 193 cm³/mol. The summed E-state index contributed by atoms with van der Waals surface area (Å²) in [6.45, 7) is 1.70. The maximum absolute atomic E-state index is 15.0. The van der Waals surface area contributed by atoms with E-state index in [1.807, 2.05) is 0 Å². The molecule has 0 saturated carbocycles. The topological polar surface area (TPSA) is 136 Å². The van der Waals surface area contributed by atoms with Crippen LogP contribution < -0.4 is 10.6 Å². The average molecular weight is 802 g/mol. The van der Waals surface area contributed by atoms with Gasteiger partial charge in [-0.15, -0.1) is 0 Å². The monoisotopic (exact) mass is 801 g/mol. The molecular weight excluding hydrogens is 768 g/mol. The molecule has 0 radical (unpaired) electrons. The van der Waals surface area contributed by atoms with Crippen molar-refractivity contribution in [3.63, 3.8) is 0 Å². The number of pyridine rings is 1. The summed E-state index contributed by atoms with van der Waals surface area (Å²) in [7, 11) is 2.93. The predicted octanol–water partition coefficient (Wildman–Crippen LogP) is 6.55. The second kappa shape index (κ2) is 15.6. The zero-order valence-electron chi connectivity index (χ0n) is 30.3. The molecule has 1 atom stereocenters. The van der Waals surface area contributed by atoms with Crippen molar-refractivity contribution in [1.82, 2.24) is 29.9 Å². The number of methoxy groups -OCH3 is 1. The molecule has 0 aliphatic heterocycles. The smallest absolute Gasteiger partial charge is 0.290 e. The molecule has 3 aromatic heterocycles. The second-order valence-corrected chi connectivity index (χ2v) is 14.1. The zero-order valence-corrected chi connectivity index (χ0v) is 31.0. The first-order chi connectivity index (χ1) is 26.3. The van der Waals surface area contributed by atoms with Crippen molar-refractivity contribution >= 4 is 40.1 Å². The van der Waals surface area contributed by atoms with E-state index in [0.717, 1.165) is 12.1 Å². The molecule has 0 spiro atoms.